The molecule has 1 unspecified atom stereocenters. The molecule has 0 radical (unpaired) electrons. The largest absolute Gasteiger partial charge is 0.389 e. The summed E-state index contributed by atoms with van der Waals surface area (Å²) in [6.07, 6.45) is 3.86. The minimum Gasteiger partial charge on any atom is -0.389 e. The van der Waals surface area contributed by atoms with Crippen molar-refractivity contribution in [2.45, 2.75) is 52.1 Å². The van der Waals surface area contributed by atoms with E-state index in [9.17, 15) is 5.11 Å². The second-order valence-corrected chi connectivity index (χ2v) is 5.85. The third-order valence-corrected chi connectivity index (χ3v) is 4.22. The van der Waals surface area contributed by atoms with Gasteiger partial charge in [-0.15, -0.1) is 0 Å². The Bertz CT molecular complexity index is 395. The Kier molecular flexibility index (Phi) is 2.61. The van der Waals surface area contributed by atoms with Crippen LogP contribution in [0.1, 0.15) is 44.5 Å². The van der Waals surface area contributed by atoms with Crippen LogP contribution in [0.2, 0.25) is 0 Å². The molecule has 0 spiro atoms. The molecule has 2 rings (SSSR count). The number of hydrogen-bond donors (Lipinski definition) is 1. The number of rotatable bonds is 2. The highest BCUT2D eigenvalue weighted by atomic mass is 16.3. The van der Waals surface area contributed by atoms with Gasteiger partial charge >= 0.3 is 0 Å². The number of aryl methyl sites for hydroxylation is 2. The molecule has 1 aliphatic rings. The van der Waals surface area contributed by atoms with Crippen LogP contribution in [0.3, 0.4) is 0 Å². The fraction of sp³-hybridized carbons (Fsp3) is 0.769. The first-order valence-electron chi connectivity index (χ1n) is 6.06. The second kappa shape index (κ2) is 3.59. The molecule has 1 aromatic heterocycles. The van der Waals surface area contributed by atoms with Crippen LogP contribution in [0, 0.1) is 12.3 Å². The van der Waals surface area contributed by atoms with Gasteiger partial charge in [0.25, 0.3) is 0 Å². The van der Waals surface area contributed by atoms with Crippen molar-refractivity contribution in [3.05, 3.63) is 17.5 Å². The topological polar surface area (TPSA) is 38.0 Å². The highest BCUT2D eigenvalue weighted by molar-refractivity contribution is 5.14. The minimum absolute atomic E-state index is 0.0190. The van der Waals surface area contributed by atoms with E-state index in [4.69, 9.17) is 0 Å². The predicted octanol–water partition coefficient (Wildman–Crippen LogP) is 2.21. The molecular weight excluding hydrogens is 200 g/mol. The molecule has 3 nitrogen and oxygen atoms in total. The first kappa shape index (κ1) is 11.6. The Labute approximate surface area is 97.5 Å². The summed E-state index contributed by atoms with van der Waals surface area (Å²) in [6.45, 7) is 6.33. The zero-order chi connectivity index (χ0) is 12.0. The zero-order valence-corrected chi connectivity index (χ0v) is 10.7. The predicted molar refractivity (Wildman–Crippen MR) is 64.2 cm³/mol. The summed E-state index contributed by atoms with van der Waals surface area (Å²) in [7, 11) is 1.95. The quantitative estimate of drug-likeness (QED) is 0.833. The maximum absolute atomic E-state index is 10.8. The van der Waals surface area contributed by atoms with Crippen molar-refractivity contribution < 1.29 is 5.11 Å². The first-order chi connectivity index (χ1) is 7.34. The van der Waals surface area contributed by atoms with Crippen molar-refractivity contribution in [1.82, 2.24) is 9.78 Å². The fourth-order valence-electron chi connectivity index (χ4n) is 2.85. The normalized spacial score (nSPS) is 28.6. The summed E-state index contributed by atoms with van der Waals surface area (Å²) in [4.78, 5) is 0. The third-order valence-electron chi connectivity index (χ3n) is 4.22. The molecule has 1 fully saturated rings. The van der Waals surface area contributed by atoms with Crippen LogP contribution >= 0.6 is 0 Å². The Balaban J connectivity index is 2.24. The average Bonchev–Trinajstić information content (AvgIpc) is 2.56. The minimum atomic E-state index is -0.562. The summed E-state index contributed by atoms with van der Waals surface area (Å²) in [5, 5.41) is 15.1. The molecule has 3 heteroatoms. The molecular formula is C13H22N2O. The SMILES string of the molecule is Cc1cc(CC2(O)CCCC2(C)C)n(C)n1. The molecule has 1 aliphatic carbocycles. The first-order valence-corrected chi connectivity index (χ1v) is 6.06. The average molecular weight is 222 g/mol. The van der Waals surface area contributed by atoms with Gasteiger partial charge in [0.2, 0.25) is 0 Å². The zero-order valence-electron chi connectivity index (χ0n) is 10.7. The van der Waals surface area contributed by atoms with Gasteiger partial charge in [0.1, 0.15) is 0 Å². The highest BCUT2D eigenvalue weighted by Gasteiger charge is 2.47. The van der Waals surface area contributed by atoms with E-state index in [1.807, 2.05) is 18.7 Å². The maximum Gasteiger partial charge on any atom is 0.0753 e. The van der Waals surface area contributed by atoms with E-state index in [0.717, 1.165) is 37.1 Å². The molecule has 1 aromatic rings. The van der Waals surface area contributed by atoms with Crippen molar-refractivity contribution >= 4 is 0 Å². The standard InChI is InChI=1S/C13H22N2O/c1-10-8-11(15(4)14-10)9-13(16)7-5-6-12(13,2)3/h8,16H,5-7,9H2,1-4H3. The van der Waals surface area contributed by atoms with Gasteiger partial charge in [-0.3, -0.25) is 4.68 Å². The smallest absolute Gasteiger partial charge is 0.0753 e. The summed E-state index contributed by atoms with van der Waals surface area (Å²) in [5.41, 5.74) is 1.62. The molecule has 16 heavy (non-hydrogen) atoms. The lowest BCUT2D eigenvalue weighted by Gasteiger charge is -2.36. The van der Waals surface area contributed by atoms with Crippen LogP contribution in [0.4, 0.5) is 0 Å². The van der Waals surface area contributed by atoms with Crippen molar-refractivity contribution in [3.8, 4) is 0 Å². The van der Waals surface area contributed by atoms with Gasteiger partial charge in [0, 0.05) is 19.2 Å². The van der Waals surface area contributed by atoms with Crippen molar-refractivity contribution in [2.75, 3.05) is 0 Å². The number of aliphatic hydroxyl groups is 1. The summed E-state index contributed by atoms with van der Waals surface area (Å²) < 4.78 is 1.89. The Morgan fingerprint density at radius 2 is 2.12 bits per heavy atom. The fourth-order valence-corrected chi connectivity index (χ4v) is 2.85. The molecule has 1 saturated carbocycles. The van der Waals surface area contributed by atoms with E-state index < -0.39 is 5.60 Å². The van der Waals surface area contributed by atoms with E-state index in [1.165, 1.54) is 0 Å². The molecule has 0 saturated heterocycles. The Morgan fingerprint density at radius 1 is 1.44 bits per heavy atom. The van der Waals surface area contributed by atoms with Gasteiger partial charge in [-0.05, 0) is 37.7 Å². The molecule has 0 aromatic carbocycles. The van der Waals surface area contributed by atoms with Crippen LogP contribution in [-0.2, 0) is 13.5 Å². The van der Waals surface area contributed by atoms with Gasteiger partial charge in [-0.1, -0.05) is 13.8 Å². The van der Waals surface area contributed by atoms with Gasteiger partial charge in [-0.25, -0.2) is 0 Å². The summed E-state index contributed by atoms with van der Waals surface area (Å²) in [6, 6.07) is 2.08. The van der Waals surface area contributed by atoms with E-state index in [0.29, 0.717) is 0 Å². The van der Waals surface area contributed by atoms with Gasteiger partial charge in [0.05, 0.1) is 11.3 Å². The third kappa shape index (κ3) is 1.77. The lowest BCUT2D eigenvalue weighted by atomic mass is 9.75. The van der Waals surface area contributed by atoms with E-state index in [2.05, 4.69) is 25.0 Å². The van der Waals surface area contributed by atoms with E-state index in [1.54, 1.807) is 0 Å². The maximum atomic E-state index is 10.8. The van der Waals surface area contributed by atoms with E-state index in [-0.39, 0.29) is 5.41 Å². The molecule has 0 aliphatic heterocycles. The van der Waals surface area contributed by atoms with E-state index >= 15 is 0 Å². The lowest BCUT2D eigenvalue weighted by Crippen LogP contribution is -2.42. The van der Waals surface area contributed by atoms with Gasteiger partial charge in [-0.2, -0.15) is 5.10 Å². The molecule has 90 valence electrons. The number of aromatic nitrogens is 2. The summed E-state index contributed by atoms with van der Waals surface area (Å²) in [5.74, 6) is 0. The molecule has 1 N–H and O–H groups in total. The van der Waals surface area contributed by atoms with Crippen LogP contribution in [0.25, 0.3) is 0 Å². The molecule has 1 heterocycles. The molecule has 0 amide bonds. The molecule has 1 atom stereocenters. The summed E-state index contributed by atoms with van der Waals surface area (Å²) >= 11 is 0. The number of hydrogen-bond acceptors (Lipinski definition) is 2. The van der Waals surface area contributed by atoms with Crippen LogP contribution in [-0.4, -0.2) is 20.5 Å². The second-order valence-electron chi connectivity index (χ2n) is 5.85. The highest BCUT2D eigenvalue weighted by Crippen LogP contribution is 2.47. The van der Waals surface area contributed by atoms with Gasteiger partial charge in [0.15, 0.2) is 0 Å². The Hall–Kier alpha value is -0.830. The van der Waals surface area contributed by atoms with Crippen molar-refractivity contribution in [3.63, 3.8) is 0 Å². The number of nitrogens with zero attached hydrogens (tertiary/aromatic N) is 2. The van der Waals surface area contributed by atoms with Crippen LogP contribution in [0.15, 0.2) is 6.07 Å². The molecule has 0 bridgehead atoms. The van der Waals surface area contributed by atoms with Crippen molar-refractivity contribution in [1.29, 1.82) is 0 Å². The van der Waals surface area contributed by atoms with Crippen LogP contribution in [0.5, 0.6) is 0 Å². The monoisotopic (exact) mass is 222 g/mol. The van der Waals surface area contributed by atoms with Gasteiger partial charge < -0.3 is 5.11 Å². The lowest BCUT2D eigenvalue weighted by molar-refractivity contribution is -0.0432. The van der Waals surface area contributed by atoms with Crippen molar-refractivity contribution in [2.24, 2.45) is 12.5 Å². The van der Waals surface area contributed by atoms with Crippen LogP contribution < -0.4 is 0 Å². The Morgan fingerprint density at radius 3 is 2.56 bits per heavy atom.